The maximum absolute atomic E-state index is 14.4. The summed E-state index contributed by atoms with van der Waals surface area (Å²) in [6.07, 6.45) is -1.85. The highest BCUT2D eigenvalue weighted by molar-refractivity contribution is 5.99. The molecule has 3 aromatic carbocycles. The zero-order valence-corrected chi connectivity index (χ0v) is 23.8. The molecule has 0 saturated heterocycles. The first-order chi connectivity index (χ1) is 21.0. The summed E-state index contributed by atoms with van der Waals surface area (Å²) in [7, 11) is 0. The third-order valence-electron chi connectivity index (χ3n) is 6.62. The molecule has 230 valence electrons. The van der Waals surface area contributed by atoms with E-state index in [-0.39, 0.29) is 18.2 Å². The lowest BCUT2D eigenvalue weighted by Crippen LogP contribution is -2.36. The van der Waals surface area contributed by atoms with E-state index < -0.39 is 47.7 Å². The Balaban J connectivity index is 1.83. The molecule has 1 atom stereocenters. The molecule has 44 heavy (non-hydrogen) atoms. The molecule has 0 spiro atoms. The number of hydrogen-bond donors (Lipinski definition) is 3. The van der Waals surface area contributed by atoms with Gasteiger partial charge in [0.25, 0.3) is 5.91 Å². The average Bonchev–Trinajstić information content (AvgIpc) is 2.96. The minimum Gasteiger partial charge on any atom is -0.449 e. The largest absolute Gasteiger partial charge is 0.511 e. The van der Waals surface area contributed by atoms with Gasteiger partial charge in [-0.1, -0.05) is 47.6 Å². The molecule has 0 aliphatic heterocycles. The van der Waals surface area contributed by atoms with Crippen molar-refractivity contribution in [3.05, 3.63) is 88.5 Å². The molecule has 0 saturated carbocycles. The van der Waals surface area contributed by atoms with Gasteiger partial charge in [-0.3, -0.25) is 4.79 Å². The van der Waals surface area contributed by atoms with Crippen LogP contribution >= 0.6 is 0 Å². The highest BCUT2D eigenvalue weighted by atomic mass is 16.7. The molecule has 0 fully saturated rings. The molecule has 3 aromatic rings. The number of benzene rings is 3. The summed E-state index contributed by atoms with van der Waals surface area (Å²) in [6, 6.07) is 16.1. The zero-order valence-electron chi connectivity index (χ0n) is 23.8. The van der Waals surface area contributed by atoms with Crippen molar-refractivity contribution in [1.29, 1.82) is 0 Å². The molecule has 1 amide bonds. The summed E-state index contributed by atoms with van der Waals surface area (Å²) in [5.41, 5.74) is 3.00. The second kappa shape index (κ2) is 14.1. The highest BCUT2D eigenvalue weighted by Crippen LogP contribution is 2.40. The summed E-state index contributed by atoms with van der Waals surface area (Å²) < 4.78 is 14.1. The van der Waals surface area contributed by atoms with Crippen LogP contribution in [0.3, 0.4) is 0 Å². The number of fused-ring (bicyclic) bond motifs is 1. The number of ether oxygens (including phenoxy) is 3. The number of carbonyl (C=O) groups is 4. The lowest BCUT2D eigenvalue weighted by molar-refractivity contribution is 0.0633. The van der Waals surface area contributed by atoms with Crippen molar-refractivity contribution < 1.29 is 53.5 Å². The van der Waals surface area contributed by atoms with Crippen molar-refractivity contribution in [3.63, 3.8) is 0 Å². The van der Waals surface area contributed by atoms with Crippen molar-refractivity contribution in [2.45, 2.75) is 51.8 Å². The third kappa shape index (κ3) is 8.03. The quantitative estimate of drug-likeness (QED) is 0.101. The first-order valence-electron chi connectivity index (χ1n) is 13.6. The Hall–Kier alpha value is -5.59. The summed E-state index contributed by atoms with van der Waals surface area (Å²) >= 11 is 0. The number of carboxylic acid groups (broad SMARTS) is 3. The predicted molar refractivity (Wildman–Crippen MR) is 155 cm³/mol. The molecule has 1 aliphatic carbocycles. The maximum atomic E-state index is 14.4. The number of rotatable bonds is 10. The number of oxime groups is 1. The Morgan fingerprint density at radius 2 is 1.55 bits per heavy atom. The van der Waals surface area contributed by atoms with E-state index in [2.05, 4.69) is 9.89 Å². The van der Waals surface area contributed by atoms with Crippen LogP contribution in [0.4, 0.5) is 14.4 Å². The van der Waals surface area contributed by atoms with Crippen LogP contribution in [0.15, 0.2) is 65.8 Å². The lowest BCUT2D eigenvalue weighted by atomic mass is 9.86. The summed E-state index contributed by atoms with van der Waals surface area (Å²) in [4.78, 5) is 55.4. The molecule has 0 bridgehead atoms. The van der Waals surface area contributed by atoms with Crippen molar-refractivity contribution in [1.82, 2.24) is 4.90 Å². The van der Waals surface area contributed by atoms with Crippen LogP contribution in [0.5, 0.6) is 17.2 Å². The fraction of sp³-hybridized carbons (Fsp3) is 0.258. The summed E-state index contributed by atoms with van der Waals surface area (Å²) in [6.45, 7) is 3.74. The first-order valence-corrected chi connectivity index (χ1v) is 13.6. The van der Waals surface area contributed by atoms with Crippen molar-refractivity contribution in [3.8, 4) is 17.2 Å². The van der Waals surface area contributed by atoms with Crippen LogP contribution in [0.1, 0.15) is 65.3 Å². The molecule has 0 aromatic heterocycles. The molecule has 1 aliphatic rings. The standard InChI is InChI=1S/C31H30N2O11/c1-18(2)44-32-16-19-7-5-8-20(13-19)17-33(24-12-6-10-21-9-3-4-11-22(21)24)28(34)23-14-26(42-30(37)38)27(43-31(39)40)15-25(23)41-29(35)36/h3-5,7-9,11,13-16,18,24H,6,10,12,17H2,1-2H3,(H,35,36)(H,37,38)(H,39,40)/t24-/m0/s1. The monoisotopic (exact) mass is 606 g/mol. The Bertz CT molecular complexity index is 1580. The van der Waals surface area contributed by atoms with Gasteiger partial charge < -0.3 is 39.3 Å². The normalized spacial score (nSPS) is 14.0. The van der Waals surface area contributed by atoms with Crippen molar-refractivity contribution in [2.75, 3.05) is 0 Å². The molecule has 13 heteroatoms. The summed E-state index contributed by atoms with van der Waals surface area (Å²) in [5.74, 6) is -2.62. The Kier molecular flexibility index (Phi) is 10.0. The molecule has 3 N–H and O–H groups in total. The number of amides is 1. The van der Waals surface area contributed by atoms with E-state index in [9.17, 15) is 29.4 Å². The van der Waals surface area contributed by atoms with Crippen molar-refractivity contribution in [2.24, 2.45) is 5.16 Å². The van der Waals surface area contributed by atoms with Gasteiger partial charge in [0, 0.05) is 18.7 Å². The van der Waals surface area contributed by atoms with Crippen LogP contribution in [-0.2, 0) is 17.8 Å². The van der Waals surface area contributed by atoms with Crippen LogP contribution in [0.25, 0.3) is 0 Å². The lowest BCUT2D eigenvalue weighted by Gasteiger charge is -2.36. The maximum Gasteiger partial charge on any atom is 0.511 e. The second-order valence-electron chi connectivity index (χ2n) is 10.1. The predicted octanol–water partition coefficient (Wildman–Crippen LogP) is 6.34. The Morgan fingerprint density at radius 1 is 0.886 bits per heavy atom. The minimum atomic E-state index is -1.83. The average molecular weight is 607 g/mol. The first kappa shape index (κ1) is 31.3. The SMILES string of the molecule is CC(C)ON=Cc1cccc(CN(C(=O)c2cc(OC(=O)O)c(OC(=O)O)cc2OC(=O)O)[C@H]2CCCc3ccccc32)c1. The van der Waals surface area contributed by atoms with Crippen LogP contribution in [0.2, 0.25) is 0 Å². The number of aryl methyl sites for hydroxylation is 1. The van der Waals surface area contributed by atoms with Gasteiger partial charge in [0.2, 0.25) is 0 Å². The third-order valence-corrected chi connectivity index (χ3v) is 6.62. The molecule has 0 unspecified atom stereocenters. The molecule has 4 rings (SSSR count). The fourth-order valence-corrected chi connectivity index (χ4v) is 4.95. The zero-order chi connectivity index (χ0) is 31.8. The number of nitrogens with zero attached hydrogens (tertiary/aromatic N) is 2. The number of carbonyl (C=O) groups excluding carboxylic acids is 1. The minimum absolute atomic E-state index is 0.0551. The van der Waals surface area contributed by atoms with Crippen LogP contribution in [-0.4, -0.2) is 56.9 Å². The Labute approximate surface area is 251 Å². The highest BCUT2D eigenvalue weighted by Gasteiger charge is 2.33. The van der Waals surface area contributed by atoms with E-state index in [0.717, 1.165) is 36.1 Å². The van der Waals surface area contributed by atoms with Gasteiger partial charge in [-0.25, -0.2) is 14.4 Å². The van der Waals surface area contributed by atoms with Gasteiger partial charge in [-0.05, 0) is 61.4 Å². The molecular weight excluding hydrogens is 576 g/mol. The van der Waals surface area contributed by atoms with Gasteiger partial charge in [0.05, 0.1) is 17.8 Å². The summed E-state index contributed by atoms with van der Waals surface area (Å²) in [5, 5.41) is 31.7. The Morgan fingerprint density at radius 3 is 2.23 bits per heavy atom. The van der Waals surface area contributed by atoms with Crippen LogP contribution < -0.4 is 14.2 Å². The molecule has 0 heterocycles. The van der Waals surface area contributed by atoms with E-state index in [0.29, 0.717) is 17.5 Å². The van der Waals surface area contributed by atoms with E-state index >= 15 is 0 Å². The van der Waals surface area contributed by atoms with E-state index in [4.69, 9.17) is 19.4 Å². The van der Waals surface area contributed by atoms with Crippen LogP contribution in [0, 0.1) is 0 Å². The fourth-order valence-electron chi connectivity index (χ4n) is 4.95. The van der Waals surface area contributed by atoms with E-state index in [1.165, 1.54) is 4.90 Å². The van der Waals surface area contributed by atoms with E-state index in [1.807, 2.05) is 56.3 Å². The second-order valence-corrected chi connectivity index (χ2v) is 10.1. The van der Waals surface area contributed by atoms with Gasteiger partial charge in [0.15, 0.2) is 17.2 Å². The molecule has 13 nitrogen and oxygen atoms in total. The van der Waals surface area contributed by atoms with Gasteiger partial charge >= 0.3 is 18.5 Å². The number of hydrogen-bond acceptors (Lipinski definition) is 9. The molecule has 0 radical (unpaired) electrons. The smallest absolute Gasteiger partial charge is 0.449 e. The van der Waals surface area contributed by atoms with Crippen molar-refractivity contribution >= 4 is 30.6 Å². The van der Waals surface area contributed by atoms with E-state index in [1.54, 1.807) is 12.3 Å². The van der Waals surface area contributed by atoms with Gasteiger partial charge in [-0.15, -0.1) is 0 Å². The van der Waals surface area contributed by atoms with Gasteiger partial charge in [-0.2, -0.15) is 0 Å². The van der Waals surface area contributed by atoms with Gasteiger partial charge in [0.1, 0.15) is 6.10 Å². The molecular formula is C31H30N2O11. The topological polar surface area (TPSA) is 181 Å².